The highest BCUT2D eigenvalue weighted by atomic mass is 16.5. The molecule has 1 aliphatic rings. The Kier molecular flexibility index (Phi) is 5.17. The van der Waals surface area contributed by atoms with E-state index < -0.39 is 0 Å². The molecule has 0 amide bonds. The summed E-state index contributed by atoms with van der Waals surface area (Å²) in [6.07, 6.45) is 9.10. The van der Waals surface area contributed by atoms with Gasteiger partial charge in [-0.25, -0.2) is 0 Å². The molecule has 0 saturated carbocycles. The maximum absolute atomic E-state index is 5.34. The van der Waals surface area contributed by atoms with E-state index in [9.17, 15) is 0 Å². The highest BCUT2D eigenvalue weighted by molar-refractivity contribution is 5.52. The van der Waals surface area contributed by atoms with Crippen molar-refractivity contribution in [3.05, 3.63) is 89.5 Å². The number of allylic oxidation sites excluding steroid dienone is 2. The minimum atomic E-state index is -0.334. The van der Waals surface area contributed by atoms with Crippen LogP contribution in [0.15, 0.2) is 78.4 Å². The van der Waals surface area contributed by atoms with Crippen molar-refractivity contribution in [3.63, 3.8) is 0 Å². The second-order valence-electron chi connectivity index (χ2n) is 6.01. The summed E-state index contributed by atoms with van der Waals surface area (Å²) in [5.74, 6) is 0.880. The minimum Gasteiger partial charge on any atom is -0.497 e. The van der Waals surface area contributed by atoms with Crippen LogP contribution in [0, 0.1) is 0 Å². The van der Waals surface area contributed by atoms with Gasteiger partial charge >= 0.3 is 0 Å². The molecule has 0 heterocycles. The zero-order valence-electron chi connectivity index (χ0n) is 14.5. The molecule has 0 bridgehead atoms. The van der Waals surface area contributed by atoms with Gasteiger partial charge in [0.2, 0.25) is 0 Å². The first kappa shape index (κ1) is 16.5. The first-order valence-corrected chi connectivity index (χ1v) is 8.63. The van der Waals surface area contributed by atoms with Crippen LogP contribution in [0.4, 0.5) is 0 Å². The highest BCUT2D eigenvalue weighted by Crippen LogP contribution is 2.39. The minimum absolute atomic E-state index is 0.334. The molecule has 0 fully saturated rings. The van der Waals surface area contributed by atoms with E-state index in [1.165, 1.54) is 16.7 Å². The summed E-state index contributed by atoms with van der Waals surface area (Å²) in [5.41, 5.74) is 3.47. The van der Waals surface area contributed by atoms with Crippen molar-refractivity contribution in [3.8, 4) is 5.75 Å². The number of hydrogen-bond donors (Lipinski definition) is 1. The molecule has 2 aromatic rings. The van der Waals surface area contributed by atoms with Crippen LogP contribution in [-0.4, -0.2) is 13.7 Å². The van der Waals surface area contributed by atoms with E-state index in [1.807, 2.05) is 12.1 Å². The predicted molar refractivity (Wildman–Crippen MR) is 100 cm³/mol. The third-order valence-corrected chi connectivity index (χ3v) is 4.60. The van der Waals surface area contributed by atoms with Crippen molar-refractivity contribution in [1.82, 2.24) is 5.32 Å². The molecule has 0 saturated heterocycles. The number of nitrogens with one attached hydrogen (secondary N) is 1. The van der Waals surface area contributed by atoms with Gasteiger partial charge in [-0.05, 0) is 48.2 Å². The molecule has 1 unspecified atom stereocenters. The van der Waals surface area contributed by atoms with Gasteiger partial charge in [0, 0.05) is 0 Å². The van der Waals surface area contributed by atoms with Gasteiger partial charge in [0.25, 0.3) is 0 Å². The third kappa shape index (κ3) is 3.02. The first-order valence-electron chi connectivity index (χ1n) is 8.63. The average Bonchev–Trinajstić information content (AvgIpc) is 2.68. The van der Waals surface area contributed by atoms with E-state index >= 15 is 0 Å². The summed E-state index contributed by atoms with van der Waals surface area (Å²) >= 11 is 0. The molecule has 3 rings (SSSR count). The summed E-state index contributed by atoms with van der Waals surface area (Å²) in [5, 5.41) is 3.78. The zero-order chi connectivity index (χ0) is 16.8. The molecule has 1 N–H and O–H groups in total. The van der Waals surface area contributed by atoms with Crippen molar-refractivity contribution < 1.29 is 4.74 Å². The lowest BCUT2D eigenvalue weighted by Gasteiger charge is -2.38. The summed E-state index contributed by atoms with van der Waals surface area (Å²) in [6.45, 7) is 3.04. The van der Waals surface area contributed by atoms with Gasteiger partial charge in [0.15, 0.2) is 0 Å². The molecule has 124 valence electrons. The van der Waals surface area contributed by atoms with E-state index in [0.29, 0.717) is 0 Å². The number of ether oxygens (including phenoxy) is 1. The Bertz CT molecular complexity index is 715. The molecule has 2 aromatic carbocycles. The van der Waals surface area contributed by atoms with Gasteiger partial charge in [0.05, 0.1) is 12.6 Å². The molecule has 1 aliphatic carbocycles. The lowest BCUT2D eigenvalue weighted by Crippen LogP contribution is -2.45. The van der Waals surface area contributed by atoms with Crippen molar-refractivity contribution in [1.29, 1.82) is 0 Å². The maximum atomic E-state index is 5.34. The van der Waals surface area contributed by atoms with E-state index in [1.54, 1.807) is 7.11 Å². The van der Waals surface area contributed by atoms with Crippen molar-refractivity contribution in [2.75, 3.05) is 13.7 Å². The fourth-order valence-corrected chi connectivity index (χ4v) is 3.49. The van der Waals surface area contributed by atoms with Gasteiger partial charge in [-0.2, -0.15) is 0 Å². The summed E-state index contributed by atoms with van der Waals surface area (Å²) in [7, 11) is 1.70. The number of hydrogen-bond acceptors (Lipinski definition) is 2. The van der Waals surface area contributed by atoms with Gasteiger partial charge < -0.3 is 10.1 Å². The normalized spacial score (nSPS) is 16.3. The predicted octanol–water partition coefficient (Wildman–Crippen LogP) is 4.82. The molecule has 2 nitrogen and oxygen atoms in total. The number of likely N-dealkylation sites (N-methyl/N-ethyl adjacent to an activating group) is 1. The van der Waals surface area contributed by atoms with Gasteiger partial charge in [0.1, 0.15) is 5.75 Å². The smallest absolute Gasteiger partial charge is 0.118 e. The second-order valence-corrected chi connectivity index (χ2v) is 6.01. The van der Waals surface area contributed by atoms with Gasteiger partial charge in [-0.15, -0.1) is 0 Å². The van der Waals surface area contributed by atoms with Crippen LogP contribution in [-0.2, 0) is 5.54 Å². The molecular weight excluding hydrogens is 294 g/mol. The average molecular weight is 319 g/mol. The molecule has 1 atom stereocenters. The first-order chi connectivity index (χ1) is 11.8. The van der Waals surface area contributed by atoms with Crippen LogP contribution in [0.2, 0.25) is 0 Å². The molecule has 0 radical (unpaired) electrons. The Morgan fingerprint density at radius 1 is 0.958 bits per heavy atom. The van der Waals surface area contributed by atoms with E-state index in [0.717, 1.165) is 25.1 Å². The van der Waals surface area contributed by atoms with Crippen LogP contribution in [0.3, 0.4) is 0 Å². The molecule has 2 heteroatoms. The van der Waals surface area contributed by atoms with Crippen LogP contribution >= 0.6 is 0 Å². The van der Waals surface area contributed by atoms with Crippen LogP contribution in [0.1, 0.15) is 30.9 Å². The topological polar surface area (TPSA) is 21.3 Å². The van der Waals surface area contributed by atoms with Gasteiger partial charge in [-0.1, -0.05) is 67.6 Å². The number of benzene rings is 2. The van der Waals surface area contributed by atoms with Crippen LogP contribution < -0.4 is 10.1 Å². The molecule has 0 spiro atoms. The Labute approximate surface area is 144 Å². The van der Waals surface area contributed by atoms with Crippen molar-refractivity contribution >= 4 is 0 Å². The summed E-state index contributed by atoms with van der Waals surface area (Å²) < 4.78 is 5.34. The Hall–Kier alpha value is -2.32. The summed E-state index contributed by atoms with van der Waals surface area (Å²) in [4.78, 5) is 0. The number of rotatable bonds is 6. The van der Waals surface area contributed by atoms with E-state index in [4.69, 9.17) is 4.74 Å². The summed E-state index contributed by atoms with van der Waals surface area (Å²) in [6, 6.07) is 19.1. The largest absolute Gasteiger partial charge is 0.497 e. The molecule has 0 aromatic heterocycles. The third-order valence-electron chi connectivity index (χ3n) is 4.60. The standard InChI is InChI=1S/C22H25NO/c1-3-23-22(18-10-6-4-7-11-18,19-12-8-5-9-13-19)20-14-16-21(24-2)17-15-20/h4,6-8,10-17,23H,3,5,9H2,1-2H3. The van der Waals surface area contributed by atoms with Crippen LogP contribution in [0.25, 0.3) is 0 Å². The Morgan fingerprint density at radius 3 is 2.25 bits per heavy atom. The van der Waals surface area contributed by atoms with Crippen molar-refractivity contribution in [2.45, 2.75) is 25.3 Å². The molecular formula is C22H25NO. The monoisotopic (exact) mass is 319 g/mol. The lowest BCUT2D eigenvalue weighted by atomic mass is 9.75. The highest BCUT2D eigenvalue weighted by Gasteiger charge is 2.36. The quantitative estimate of drug-likeness (QED) is 0.824. The van der Waals surface area contributed by atoms with Gasteiger partial charge in [-0.3, -0.25) is 0 Å². The van der Waals surface area contributed by atoms with Crippen molar-refractivity contribution in [2.24, 2.45) is 0 Å². The Morgan fingerprint density at radius 2 is 1.67 bits per heavy atom. The lowest BCUT2D eigenvalue weighted by molar-refractivity contribution is 0.413. The van der Waals surface area contributed by atoms with E-state index in [2.05, 4.69) is 72.9 Å². The zero-order valence-corrected chi connectivity index (χ0v) is 14.5. The fourth-order valence-electron chi connectivity index (χ4n) is 3.49. The van der Waals surface area contributed by atoms with Crippen LogP contribution in [0.5, 0.6) is 5.75 Å². The maximum Gasteiger partial charge on any atom is 0.118 e. The Balaban J connectivity index is 2.20. The fraction of sp³-hybridized carbons (Fsp3) is 0.273. The molecule has 0 aliphatic heterocycles. The molecule has 24 heavy (non-hydrogen) atoms. The van der Waals surface area contributed by atoms with E-state index in [-0.39, 0.29) is 5.54 Å². The SMILES string of the molecule is CCNC(C1=CCCC=C1)(c1ccccc1)c1ccc(OC)cc1. The number of methoxy groups -OCH3 is 1. The second kappa shape index (κ2) is 7.50.